The van der Waals surface area contributed by atoms with Crippen LogP contribution in [0.1, 0.15) is 29.5 Å². The first kappa shape index (κ1) is 29.7. The van der Waals surface area contributed by atoms with Crippen LogP contribution in [-0.2, 0) is 22.7 Å². The van der Waals surface area contributed by atoms with Gasteiger partial charge in [0.05, 0.1) is 32.5 Å². The van der Waals surface area contributed by atoms with Gasteiger partial charge >= 0.3 is 0 Å². The molecule has 6 nitrogen and oxygen atoms in total. The van der Waals surface area contributed by atoms with E-state index >= 15 is 0 Å². The van der Waals surface area contributed by atoms with Crippen LogP contribution >= 0.6 is 11.8 Å². The van der Waals surface area contributed by atoms with Crippen molar-refractivity contribution in [2.75, 3.05) is 20.5 Å². The summed E-state index contributed by atoms with van der Waals surface area (Å²) in [4.78, 5) is 2.11. The van der Waals surface area contributed by atoms with E-state index in [1.165, 1.54) is 0 Å². The Morgan fingerprint density at radius 1 is 0.857 bits per heavy atom. The van der Waals surface area contributed by atoms with Crippen LogP contribution in [0, 0.1) is 0 Å². The molecule has 0 unspecified atom stereocenters. The molecule has 1 N–H and O–H groups in total. The van der Waals surface area contributed by atoms with Crippen molar-refractivity contribution in [3.63, 3.8) is 0 Å². The largest absolute Gasteiger partial charge is 0.497 e. The second-order valence-corrected chi connectivity index (χ2v) is 11.1. The molecule has 4 aromatic carbocycles. The number of rotatable bonds is 15. The average Bonchev–Trinajstić information content (AvgIpc) is 3.50. The summed E-state index contributed by atoms with van der Waals surface area (Å²) in [6.07, 6.45) is 1.91. The van der Waals surface area contributed by atoms with Crippen molar-refractivity contribution in [3.8, 4) is 17.2 Å². The molecule has 2 atom stereocenters. The highest BCUT2D eigenvalue weighted by atomic mass is 32.2. The maximum Gasteiger partial charge on any atom is 0.231 e. The predicted molar refractivity (Wildman–Crippen MR) is 166 cm³/mol. The minimum Gasteiger partial charge on any atom is -0.497 e. The summed E-state index contributed by atoms with van der Waals surface area (Å²) < 4.78 is 28.6. The maximum absolute atomic E-state index is 11.5. The van der Waals surface area contributed by atoms with Gasteiger partial charge in [-0.15, -0.1) is 0 Å². The fourth-order valence-corrected chi connectivity index (χ4v) is 5.62. The standard InChI is InChI=1S/C35H36O6S/c1-37-29-15-12-27(13-16-29)23-38-19-18-33(39-24-26-8-4-2-5-9-26)32(36)22-31(42-30-10-6-3-7-11-30)20-28-14-17-34-35(21-28)41-25-40-34/h2-17,20-21,32-33,36H,18-19,22-25H2,1H3/b31-20-/t32-,33-/m0/s1. The molecule has 0 saturated heterocycles. The van der Waals surface area contributed by atoms with Gasteiger partial charge in [0, 0.05) is 17.9 Å². The topological polar surface area (TPSA) is 66.4 Å². The SMILES string of the molecule is COc1ccc(COCC[C@H](OCc2ccccc2)[C@@H](O)C/C(=C/c2ccc3c(c2)OCO3)Sc2ccccc2)cc1. The molecule has 0 aromatic heterocycles. The van der Waals surface area contributed by atoms with E-state index in [1.807, 2.05) is 91.0 Å². The number of fused-ring (bicyclic) bond motifs is 1. The van der Waals surface area contributed by atoms with E-state index in [9.17, 15) is 5.11 Å². The first-order chi connectivity index (χ1) is 20.7. The Bertz CT molecular complexity index is 1410. The van der Waals surface area contributed by atoms with Crippen molar-refractivity contribution in [2.24, 2.45) is 0 Å². The normalized spacial score (nSPS) is 14.0. The number of aliphatic hydroxyl groups excluding tert-OH is 1. The molecule has 0 bridgehead atoms. The second kappa shape index (κ2) is 15.5. The zero-order valence-corrected chi connectivity index (χ0v) is 24.5. The zero-order valence-electron chi connectivity index (χ0n) is 23.7. The van der Waals surface area contributed by atoms with Gasteiger partial charge in [-0.2, -0.15) is 0 Å². The molecule has 0 amide bonds. The van der Waals surface area contributed by atoms with Gasteiger partial charge in [-0.25, -0.2) is 0 Å². The highest BCUT2D eigenvalue weighted by Crippen LogP contribution is 2.36. The lowest BCUT2D eigenvalue weighted by atomic mass is 10.1. The molecular weight excluding hydrogens is 548 g/mol. The van der Waals surface area contributed by atoms with Gasteiger partial charge < -0.3 is 28.8 Å². The van der Waals surface area contributed by atoms with Gasteiger partial charge in [0.1, 0.15) is 5.75 Å². The molecule has 0 spiro atoms. The summed E-state index contributed by atoms with van der Waals surface area (Å²) in [6, 6.07) is 33.9. The Hall–Kier alpha value is -3.75. The van der Waals surface area contributed by atoms with Crippen LogP contribution in [0.4, 0.5) is 0 Å². The van der Waals surface area contributed by atoms with Crippen LogP contribution in [0.3, 0.4) is 0 Å². The van der Waals surface area contributed by atoms with E-state index in [0.29, 0.717) is 32.7 Å². The van der Waals surface area contributed by atoms with Crippen LogP contribution in [0.25, 0.3) is 6.08 Å². The molecule has 1 heterocycles. The second-order valence-electron chi connectivity index (χ2n) is 9.93. The smallest absolute Gasteiger partial charge is 0.231 e. The van der Waals surface area contributed by atoms with Crippen molar-refractivity contribution in [1.29, 1.82) is 0 Å². The van der Waals surface area contributed by atoms with Crippen LogP contribution < -0.4 is 14.2 Å². The lowest BCUT2D eigenvalue weighted by Gasteiger charge is -2.25. The number of ether oxygens (including phenoxy) is 5. The van der Waals surface area contributed by atoms with Gasteiger partial charge in [0.15, 0.2) is 11.5 Å². The summed E-state index contributed by atoms with van der Waals surface area (Å²) in [7, 11) is 1.65. The maximum atomic E-state index is 11.5. The van der Waals surface area contributed by atoms with E-state index < -0.39 is 12.2 Å². The van der Waals surface area contributed by atoms with Gasteiger partial charge in [0.25, 0.3) is 0 Å². The van der Waals surface area contributed by atoms with Crippen molar-refractivity contribution in [2.45, 2.75) is 43.2 Å². The number of thioether (sulfide) groups is 1. The molecule has 42 heavy (non-hydrogen) atoms. The van der Waals surface area contributed by atoms with Crippen molar-refractivity contribution in [1.82, 2.24) is 0 Å². The fraction of sp³-hybridized carbons (Fsp3) is 0.257. The van der Waals surface area contributed by atoms with E-state index in [-0.39, 0.29) is 6.79 Å². The Balaban J connectivity index is 1.28. The summed E-state index contributed by atoms with van der Waals surface area (Å²) in [5, 5.41) is 11.5. The quantitative estimate of drug-likeness (QED) is 0.115. The highest BCUT2D eigenvalue weighted by Gasteiger charge is 2.23. The molecule has 0 fully saturated rings. The third-order valence-electron chi connectivity index (χ3n) is 6.84. The Morgan fingerprint density at radius 2 is 1.57 bits per heavy atom. The van der Waals surface area contributed by atoms with Crippen molar-refractivity contribution >= 4 is 17.8 Å². The third-order valence-corrected chi connectivity index (χ3v) is 7.89. The van der Waals surface area contributed by atoms with Gasteiger partial charge in [-0.05, 0) is 70.5 Å². The molecule has 1 aliphatic rings. The minimum absolute atomic E-state index is 0.230. The van der Waals surface area contributed by atoms with Gasteiger partial charge in [0.2, 0.25) is 6.79 Å². The number of hydrogen-bond acceptors (Lipinski definition) is 7. The Labute approximate surface area is 251 Å². The van der Waals surface area contributed by atoms with Crippen LogP contribution in [0.2, 0.25) is 0 Å². The lowest BCUT2D eigenvalue weighted by Crippen LogP contribution is -2.30. The molecule has 0 aliphatic carbocycles. The van der Waals surface area contributed by atoms with Crippen LogP contribution in [0.15, 0.2) is 113 Å². The van der Waals surface area contributed by atoms with Crippen LogP contribution in [0.5, 0.6) is 17.2 Å². The molecule has 1 aliphatic heterocycles. The Kier molecular flexibility index (Phi) is 11.0. The predicted octanol–water partition coefficient (Wildman–Crippen LogP) is 7.50. The zero-order chi connectivity index (χ0) is 29.0. The molecule has 0 saturated carbocycles. The van der Waals surface area contributed by atoms with Gasteiger partial charge in [-0.1, -0.05) is 78.5 Å². The summed E-state index contributed by atoms with van der Waals surface area (Å²) in [5.41, 5.74) is 3.10. The molecule has 5 rings (SSSR count). The Morgan fingerprint density at radius 3 is 2.33 bits per heavy atom. The van der Waals surface area contributed by atoms with E-state index in [2.05, 4.69) is 18.2 Å². The number of methoxy groups -OCH3 is 1. The van der Waals surface area contributed by atoms with Crippen LogP contribution in [-0.4, -0.2) is 37.8 Å². The molecule has 7 heteroatoms. The van der Waals surface area contributed by atoms with E-state index in [4.69, 9.17) is 23.7 Å². The summed E-state index contributed by atoms with van der Waals surface area (Å²) in [6.45, 7) is 1.57. The monoisotopic (exact) mass is 584 g/mol. The van der Waals surface area contributed by atoms with E-state index in [0.717, 1.165) is 43.7 Å². The lowest BCUT2D eigenvalue weighted by molar-refractivity contribution is -0.0608. The first-order valence-electron chi connectivity index (χ1n) is 14.0. The van der Waals surface area contributed by atoms with Gasteiger partial charge in [-0.3, -0.25) is 0 Å². The average molecular weight is 585 g/mol. The molecule has 0 radical (unpaired) electrons. The number of hydrogen-bond donors (Lipinski definition) is 1. The van der Waals surface area contributed by atoms with E-state index in [1.54, 1.807) is 18.9 Å². The number of benzene rings is 4. The fourth-order valence-electron chi connectivity index (χ4n) is 4.57. The highest BCUT2D eigenvalue weighted by molar-refractivity contribution is 8.03. The molecular formula is C35H36O6S. The summed E-state index contributed by atoms with van der Waals surface area (Å²) >= 11 is 1.64. The van der Waals surface area contributed by atoms with Crippen molar-refractivity contribution in [3.05, 3.63) is 125 Å². The third kappa shape index (κ3) is 8.87. The number of aliphatic hydroxyl groups is 1. The minimum atomic E-state index is -0.741. The van der Waals surface area contributed by atoms with Crippen molar-refractivity contribution < 1.29 is 28.8 Å². The summed E-state index contributed by atoms with van der Waals surface area (Å²) in [5.74, 6) is 2.29. The molecule has 4 aromatic rings. The first-order valence-corrected chi connectivity index (χ1v) is 14.9. The molecule has 218 valence electrons.